The van der Waals surface area contributed by atoms with Crippen LogP contribution in [0.25, 0.3) is 0 Å². The summed E-state index contributed by atoms with van der Waals surface area (Å²) in [6.07, 6.45) is 0.660. The molecule has 0 saturated heterocycles. The maximum atomic E-state index is 11.9. The van der Waals surface area contributed by atoms with Gasteiger partial charge >= 0.3 is 12.0 Å². The first-order valence-corrected chi connectivity index (χ1v) is 7.42. The maximum Gasteiger partial charge on any atom is 0.323 e. The van der Waals surface area contributed by atoms with E-state index >= 15 is 0 Å². The fraction of sp³-hybridized carbons (Fsp3) is 0.615. The number of carboxylic acid groups (broad SMARTS) is 1. The van der Waals surface area contributed by atoms with Crippen LogP contribution in [0.3, 0.4) is 0 Å². The van der Waals surface area contributed by atoms with Gasteiger partial charge in [-0.05, 0) is 12.8 Å². The topological polar surface area (TPSA) is 82.5 Å². The van der Waals surface area contributed by atoms with Crippen LogP contribution in [0.15, 0.2) is 5.38 Å². The fourth-order valence-electron chi connectivity index (χ4n) is 1.73. The zero-order valence-corrected chi connectivity index (χ0v) is 12.9. The minimum atomic E-state index is -1.00. The Balaban J connectivity index is 2.42. The van der Waals surface area contributed by atoms with E-state index in [0.717, 1.165) is 10.7 Å². The number of nitrogens with one attached hydrogen (secondary N) is 1. The zero-order valence-electron chi connectivity index (χ0n) is 12.0. The molecule has 0 radical (unpaired) electrons. The lowest BCUT2D eigenvalue weighted by atomic mass is 10.2. The molecule has 1 rings (SSSR count). The third-order valence-electron chi connectivity index (χ3n) is 2.48. The number of urea groups is 1. The number of aliphatic carboxylic acids is 1. The number of carboxylic acids is 1. The summed E-state index contributed by atoms with van der Waals surface area (Å²) in [5.74, 6) is -0.780. The third-order valence-corrected chi connectivity index (χ3v) is 3.51. The molecular formula is C13H21N3O3S. The molecule has 20 heavy (non-hydrogen) atoms. The van der Waals surface area contributed by atoms with Crippen molar-refractivity contribution in [1.82, 2.24) is 15.2 Å². The number of carbonyl (C=O) groups is 2. The lowest BCUT2D eigenvalue weighted by Gasteiger charge is -2.22. The van der Waals surface area contributed by atoms with Gasteiger partial charge in [-0.15, -0.1) is 11.3 Å². The molecule has 2 amide bonds. The molecule has 0 aliphatic rings. The van der Waals surface area contributed by atoms with Crippen molar-refractivity contribution < 1.29 is 14.7 Å². The van der Waals surface area contributed by atoms with Crippen molar-refractivity contribution in [3.8, 4) is 0 Å². The second-order valence-corrected chi connectivity index (χ2v) is 5.98. The summed E-state index contributed by atoms with van der Waals surface area (Å²) in [6.45, 7) is 6.42. The summed E-state index contributed by atoms with van der Waals surface area (Å²) in [4.78, 5) is 28.3. The van der Waals surface area contributed by atoms with Gasteiger partial charge in [0.15, 0.2) is 0 Å². The number of rotatable bonds is 7. The van der Waals surface area contributed by atoms with Gasteiger partial charge in [-0.2, -0.15) is 0 Å². The highest BCUT2D eigenvalue weighted by Crippen LogP contribution is 2.08. The van der Waals surface area contributed by atoms with Crippen LogP contribution in [-0.2, 0) is 11.2 Å². The summed E-state index contributed by atoms with van der Waals surface area (Å²) in [6, 6.07) is -0.339. The van der Waals surface area contributed by atoms with E-state index in [9.17, 15) is 9.59 Å². The summed E-state index contributed by atoms with van der Waals surface area (Å²) < 4.78 is 0. The molecule has 6 nitrogen and oxygen atoms in total. The van der Waals surface area contributed by atoms with E-state index < -0.39 is 5.97 Å². The van der Waals surface area contributed by atoms with Crippen LogP contribution >= 0.6 is 11.3 Å². The van der Waals surface area contributed by atoms with Gasteiger partial charge in [0.25, 0.3) is 0 Å². The third kappa shape index (κ3) is 6.01. The van der Waals surface area contributed by atoms with Crippen molar-refractivity contribution in [3.05, 3.63) is 16.1 Å². The van der Waals surface area contributed by atoms with Crippen molar-refractivity contribution in [3.63, 3.8) is 0 Å². The Morgan fingerprint density at radius 3 is 2.70 bits per heavy atom. The molecule has 0 unspecified atom stereocenters. The first-order chi connectivity index (χ1) is 9.38. The molecule has 0 fully saturated rings. The van der Waals surface area contributed by atoms with Crippen LogP contribution in [0.5, 0.6) is 0 Å². The first kappa shape index (κ1) is 16.4. The number of aryl methyl sites for hydroxylation is 1. The molecule has 2 N–H and O–H groups in total. The van der Waals surface area contributed by atoms with Gasteiger partial charge < -0.3 is 15.3 Å². The Hall–Kier alpha value is -1.63. The van der Waals surface area contributed by atoms with Crippen LogP contribution in [0.4, 0.5) is 4.79 Å². The van der Waals surface area contributed by atoms with Crippen molar-refractivity contribution in [1.29, 1.82) is 0 Å². The Bertz CT molecular complexity index is 459. The van der Waals surface area contributed by atoms with Crippen LogP contribution in [0, 0.1) is 12.8 Å². The number of amides is 2. The number of nitrogens with zero attached hydrogens (tertiary/aromatic N) is 2. The number of hydrogen-bond acceptors (Lipinski definition) is 4. The lowest BCUT2D eigenvalue weighted by Crippen LogP contribution is -2.45. The molecule has 0 spiro atoms. The average molecular weight is 299 g/mol. The molecule has 0 atom stereocenters. The van der Waals surface area contributed by atoms with E-state index in [-0.39, 0.29) is 18.5 Å². The number of aromatic nitrogens is 1. The first-order valence-electron chi connectivity index (χ1n) is 6.54. The number of carbonyl (C=O) groups excluding carboxylic acids is 1. The molecular weight excluding hydrogens is 278 g/mol. The Kier molecular flexibility index (Phi) is 6.44. The van der Waals surface area contributed by atoms with Gasteiger partial charge in [0, 0.05) is 30.6 Å². The largest absolute Gasteiger partial charge is 0.480 e. The molecule has 1 heterocycles. The van der Waals surface area contributed by atoms with Gasteiger partial charge in [0.1, 0.15) is 6.54 Å². The van der Waals surface area contributed by atoms with Gasteiger partial charge in [0.05, 0.1) is 5.01 Å². The number of thiazole rings is 1. The molecule has 0 saturated carbocycles. The molecule has 1 aromatic heterocycles. The van der Waals surface area contributed by atoms with E-state index in [0.29, 0.717) is 19.5 Å². The SMILES string of the molecule is Cc1csc(CCNC(=O)N(CC(=O)O)CC(C)C)n1. The predicted molar refractivity (Wildman–Crippen MR) is 78.0 cm³/mol. The summed E-state index contributed by atoms with van der Waals surface area (Å²) in [7, 11) is 0. The molecule has 1 aromatic rings. The molecule has 0 aliphatic heterocycles. The van der Waals surface area contributed by atoms with Gasteiger partial charge in [-0.3, -0.25) is 4.79 Å². The van der Waals surface area contributed by atoms with Crippen molar-refractivity contribution in [2.75, 3.05) is 19.6 Å². The monoisotopic (exact) mass is 299 g/mol. The van der Waals surface area contributed by atoms with Crippen molar-refractivity contribution >= 4 is 23.3 Å². The second-order valence-electron chi connectivity index (χ2n) is 5.03. The molecule has 112 valence electrons. The molecule has 0 aliphatic carbocycles. The summed E-state index contributed by atoms with van der Waals surface area (Å²) in [5, 5.41) is 14.5. The highest BCUT2D eigenvalue weighted by molar-refractivity contribution is 7.09. The van der Waals surface area contributed by atoms with E-state index in [4.69, 9.17) is 5.11 Å². The van der Waals surface area contributed by atoms with Gasteiger partial charge in [0.2, 0.25) is 0 Å². The van der Waals surface area contributed by atoms with E-state index in [2.05, 4.69) is 10.3 Å². The van der Waals surface area contributed by atoms with E-state index in [1.807, 2.05) is 26.2 Å². The molecule has 0 aromatic carbocycles. The normalized spacial score (nSPS) is 10.6. The number of hydrogen-bond donors (Lipinski definition) is 2. The van der Waals surface area contributed by atoms with Crippen molar-refractivity contribution in [2.24, 2.45) is 5.92 Å². The summed E-state index contributed by atoms with van der Waals surface area (Å²) >= 11 is 1.56. The average Bonchev–Trinajstić information content (AvgIpc) is 2.73. The van der Waals surface area contributed by atoms with Crippen molar-refractivity contribution in [2.45, 2.75) is 27.2 Å². The standard InChI is InChI=1S/C13H21N3O3S/c1-9(2)6-16(7-12(17)18)13(19)14-5-4-11-15-10(3)8-20-11/h8-9H,4-7H2,1-3H3,(H,14,19)(H,17,18). The van der Waals surface area contributed by atoms with Crippen LogP contribution in [-0.4, -0.2) is 46.6 Å². The second kappa shape index (κ2) is 7.84. The molecule has 0 bridgehead atoms. The Labute approximate surface area is 122 Å². The summed E-state index contributed by atoms with van der Waals surface area (Å²) in [5.41, 5.74) is 0.976. The van der Waals surface area contributed by atoms with E-state index in [1.165, 1.54) is 4.90 Å². The maximum absolute atomic E-state index is 11.9. The minimum Gasteiger partial charge on any atom is -0.480 e. The minimum absolute atomic E-state index is 0.224. The van der Waals surface area contributed by atoms with Crippen LogP contribution in [0.1, 0.15) is 24.5 Å². The Morgan fingerprint density at radius 1 is 1.50 bits per heavy atom. The fourth-order valence-corrected chi connectivity index (χ4v) is 2.50. The smallest absolute Gasteiger partial charge is 0.323 e. The predicted octanol–water partition coefficient (Wildman–Crippen LogP) is 1.75. The zero-order chi connectivity index (χ0) is 15.1. The van der Waals surface area contributed by atoms with E-state index in [1.54, 1.807) is 11.3 Å². The highest BCUT2D eigenvalue weighted by atomic mass is 32.1. The molecule has 7 heteroatoms. The Morgan fingerprint density at radius 2 is 2.20 bits per heavy atom. The highest BCUT2D eigenvalue weighted by Gasteiger charge is 2.17. The van der Waals surface area contributed by atoms with Crippen LogP contribution < -0.4 is 5.32 Å². The van der Waals surface area contributed by atoms with Crippen LogP contribution in [0.2, 0.25) is 0 Å². The lowest BCUT2D eigenvalue weighted by molar-refractivity contribution is -0.137. The van der Waals surface area contributed by atoms with Gasteiger partial charge in [-0.1, -0.05) is 13.8 Å². The quantitative estimate of drug-likeness (QED) is 0.803. The van der Waals surface area contributed by atoms with Gasteiger partial charge in [-0.25, -0.2) is 9.78 Å².